The van der Waals surface area contributed by atoms with E-state index in [-0.39, 0.29) is 5.56 Å². The van der Waals surface area contributed by atoms with Crippen molar-refractivity contribution in [3.05, 3.63) is 161 Å². The normalized spacial score (nSPS) is 15.0. The first-order valence-electron chi connectivity index (χ1n) is 15.2. The van der Waals surface area contributed by atoms with Crippen molar-refractivity contribution in [1.82, 2.24) is 4.40 Å². The van der Waals surface area contributed by atoms with Gasteiger partial charge in [-0.05, 0) is 93.8 Å². The lowest BCUT2D eigenvalue weighted by atomic mass is 9.80. The van der Waals surface area contributed by atoms with Gasteiger partial charge in [0.05, 0.1) is 11.0 Å². The predicted molar refractivity (Wildman–Crippen MR) is 179 cm³/mol. The van der Waals surface area contributed by atoms with E-state index >= 15 is 0 Å². The molecule has 1 atom stereocenters. The topological polar surface area (TPSA) is 21.5 Å². The van der Waals surface area contributed by atoms with Gasteiger partial charge in [-0.1, -0.05) is 109 Å². The van der Waals surface area contributed by atoms with Gasteiger partial charge in [0.15, 0.2) is 0 Å². The van der Waals surface area contributed by atoms with E-state index in [1.165, 1.54) is 38.9 Å². The van der Waals surface area contributed by atoms with E-state index in [1.807, 2.05) is 28.7 Å². The standard InChI is InChI=1S/C41H29NO/c43-41-36-16-7-6-14-34(36)37-24-31(25-38-35-15-8-9-17-39(35)42(41)40(37)38)28-20-21-33-30(23-28)19-18-27(26-10-2-1-3-11-26)22-29-12-4-5-13-32(29)33/h1-17,20-21,23-25,27H,18-19,22H2. The van der Waals surface area contributed by atoms with Crippen LogP contribution in [0.25, 0.3) is 60.2 Å². The van der Waals surface area contributed by atoms with Gasteiger partial charge in [0.1, 0.15) is 0 Å². The van der Waals surface area contributed by atoms with Crippen LogP contribution in [0.15, 0.2) is 138 Å². The smallest absolute Gasteiger partial charge is 0.263 e. The number of benzene rings is 6. The number of hydrogen-bond donors (Lipinski definition) is 0. The van der Waals surface area contributed by atoms with Crippen molar-refractivity contribution in [3.63, 3.8) is 0 Å². The monoisotopic (exact) mass is 551 g/mol. The van der Waals surface area contributed by atoms with Crippen LogP contribution in [0.2, 0.25) is 0 Å². The Morgan fingerprint density at radius 3 is 2.07 bits per heavy atom. The largest absolute Gasteiger partial charge is 0.275 e. The quantitative estimate of drug-likeness (QED) is 0.196. The molecule has 204 valence electrons. The molecule has 2 heterocycles. The first kappa shape index (κ1) is 24.4. The van der Waals surface area contributed by atoms with Gasteiger partial charge in [0.25, 0.3) is 5.56 Å². The second kappa shape index (κ2) is 9.40. The van der Waals surface area contributed by atoms with Crippen LogP contribution in [0.5, 0.6) is 0 Å². The van der Waals surface area contributed by atoms with Crippen molar-refractivity contribution in [3.8, 4) is 22.3 Å². The highest BCUT2D eigenvalue weighted by Crippen LogP contribution is 2.41. The average molecular weight is 552 g/mol. The minimum absolute atomic E-state index is 0.0507. The van der Waals surface area contributed by atoms with E-state index in [1.54, 1.807) is 0 Å². The van der Waals surface area contributed by atoms with Crippen molar-refractivity contribution in [2.45, 2.75) is 25.2 Å². The Morgan fingerprint density at radius 1 is 0.535 bits per heavy atom. The molecule has 1 aliphatic rings. The summed E-state index contributed by atoms with van der Waals surface area (Å²) in [5.41, 5.74) is 11.4. The zero-order valence-corrected chi connectivity index (χ0v) is 23.8. The predicted octanol–water partition coefficient (Wildman–Crippen LogP) is 9.80. The van der Waals surface area contributed by atoms with Crippen molar-refractivity contribution in [1.29, 1.82) is 0 Å². The highest BCUT2D eigenvalue weighted by Gasteiger charge is 2.22. The zero-order valence-electron chi connectivity index (χ0n) is 23.8. The van der Waals surface area contributed by atoms with Crippen LogP contribution in [0, 0.1) is 0 Å². The van der Waals surface area contributed by atoms with Crippen LogP contribution >= 0.6 is 0 Å². The molecular weight excluding hydrogens is 522 g/mol. The summed E-state index contributed by atoms with van der Waals surface area (Å²) < 4.78 is 1.92. The fourth-order valence-corrected chi connectivity index (χ4v) is 7.62. The number of para-hydroxylation sites is 1. The Bertz CT molecular complexity index is 2400. The van der Waals surface area contributed by atoms with E-state index in [2.05, 4.69) is 109 Å². The first-order valence-corrected chi connectivity index (χ1v) is 15.2. The third-order valence-electron chi connectivity index (χ3n) is 9.66. The molecule has 0 spiro atoms. The Morgan fingerprint density at radius 2 is 1.21 bits per heavy atom. The minimum Gasteiger partial charge on any atom is -0.275 e. The molecule has 6 aromatic carbocycles. The van der Waals surface area contributed by atoms with Crippen LogP contribution in [0.1, 0.15) is 29.0 Å². The summed E-state index contributed by atoms with van der Waals surface area (Å²) in [6, 6.07) is 47.9. The molecule has 43 heavy (non-hydrogen) atoms. The summed E-state index contributed by atoms with van der Waals surface area (Å²) in [7, 11) is 0. The van der Waals surface area contributed by atoms with Crippen molar-refractivity contribution in [2.75, 3.05) is 0 Å². The number of aromatic nitrogens is 1. The Balaban J connectivity index is 1.27. The summed E-state index contributed by atoms with van der Waals surface area (Å²) in [6.45, 7) is 0. The lowest BCUT2D eigenvalue weighted by molar-refractivity contribution is 0.618. The Labute approximate surface area is 249 Å². The molecular formula is C41H29NO. The number of rotatable bonds is 2. The third kappa shape index (κ3) is 3.69. The Kier molecular flexibility index (Phi) is 5.34. The lowest BCUT2D eigenvalue weighted by Gasteiger charge is -2.25. The molecule has 0 amide bonds. The number of pyridine rings is 1. The van der Waals surface area contributed by atoms with Crippen LogP contribution in [-0.4, -0.2) is 4.40 Å². The number of hydrogen-bond acceptors (Lipinski definition) is 1. The summed E-state index contributed by atoms with van der Waals surface area (Å²) in [5, 5.41) is 5.15. The van der Waals surface area contributed by atoms with Crippen LogP contribution < -0.4 is 5.56 Å². The van der Waals surface area contributed by atoms with E-state index < -0.39 is 0 Å². The fraction of sp³-hybridized carbons (Fsp3) is 0.0976. The maximum atomic E-state index is 13.7. The summed E-state index contributed by atoms with van der Waals surface area (Å²) in [5.74, 6) is 0.486. The maximum Gasteiger partial charge on any atom is 0.263 e. The fourth-order valence-electron chi connectivity index (χ4n) is 7.62. The molecule has 2 aromatic heterocycles. The molecule has 1 unspecified atom stereocenters. The molecule has 0 fully saturated rings. The number of aryl methyl sites for hydroxylation is 1. The maximum absolute atomic E-state index is 13.7. The first-order chi connectivity index (χ1) is 21.2. The molecule has 0 N–H and O–H groups in total. The van der Waals surface area contributed by atoms with Gasteiger partial charge in [0.2, 0.25) is 0 Å². The van der Waals surface area contributed by atoms with E-state index in [0.29, 0.717) is 5.92 Å². The van der Waals surface area contributed by atoms with Crippen molar-refractivity contribution >= 4 is 38.0 Å². The van der Waals surface area contributed by atoms with Crippen LogP contribution in [0.3, 0.4) is 0 Å². The average Bonchev–Trinajstić information content (AvgIpc) is 3.40. The van der Waals surface area contributed by atoms with Crippen LogP contribution in [-0.2, 0) is 12.8 Å². The molecule has 0 aliphatic heterocycles. The second-order valence-electron chi connectivity index (χ2n) is 12.0. The molecule has 2 nitrogen and oxygen atoms in total. The molecule has 0 radical (unpaired) electrons. The Hall–Kier alpha value is -5.21. The molecule has 0 saturated heterocycles. The lowest BCUT2D eigenvalue weighted by Crippen LogP contribution is -2.12. The van der Waals surface area contributed by atoms with Gasteiger partial charge in [0, 0.05) is 21.5 Å². The van der Waals surface area contributed by atoms with E-state index in [9.17, 15) is 4.79 Å². The van der Waals surface area contributed by atoms with Crippen LogP contribution in [0.4, 0.5) is 0 Å². The van der Waals surface area contributed by atoms with Gasteiger partial charge in [-0.15, -0.1) is 0 Å². The zero-order chi connectivity index (χ0) is 28.5. The molecule has 9 rings (SSSR count). The van der Waals surface area contributed by atoms with Crippen molar-refractivity contribution < 1.29 is 0 Å². The highest BCUT2D eigenvalue weighted by molar-refractivity contribution is 6.21. The van der Waals surface area contributed by atoms with Gasteiger partial charge >= 0.3 is 0 Å². The molecule has 1 aliphatic carbocycles. The highest BCUT2D eigenvalue weighted by atomic mass is 16.1. The van der Waals surface area contributed by atoms with Gasteiger partial charge < -0.3 is 0 Å². The third-order valence-corrected chi connectivity index (χ3v) is 9.66. The SMILES string of the molecule is O=c1c2ccccc2c2cc(-c3ccc4c(c3)CCC(c3ccccc3)Cc3ccccc3-4)cc3c4ccccc4n1c23. The second-order valence-corrected chi connectivity index (χ2v) is 12.0. The van der Waals surface area contributed by atoms with E-state index in [0.717, 1.165) is 57.2 Å². The molecule has 8 aromatic rings. The molecule has 0 saturated carbocycles. The van der Waals surface area contributed by atoms with E-state index in [4.69, 9.17) is 0 Å². The number of nitrogens with zero attached hydrogens (tertiary/aromatic N) is 1. The summed E-state index contributed by atoms with van der Waals surface area (Å²) in [4.78, 5) is 13.7. The summed E-state index contributed by atoms with van der Waals surface area (Å²) in [6.07, 6.45) is 3.20. The summed E-state index contributed by atoms with van der Waals surface area (Å²) >= 11 is 0. The van der Waals surface area contributed by atoms with Gasteiger partial charge in [-0.3, -0.25) is 9.20 Å². The van der Waals surface area contributed by atoms with Crippen molar-refractivity contribution in [2.24, 2.45) is 0 Å². The number of fused-ring (bicyclic) bond motifs is 8. The molecule has 2 heteroatoms. The van der Waals surface area contributed by atoms with Gasteiger partial charge in [-0.2, -0.15) is 0 Å². The minimum atomic E-state index is 0.0507. The van der Waals surface area contributed by atoms with Gasteiger partial charge in [-0.25, -0.2) is 0 Å². The molecule has 0 bridgehead atoms.